The van der Waals surface area contributed by atoms with E-state index in [1.807, 2.05) is 12.1 Å². The number of aromatic nitrogens is 1. The van der Waals surface area contributed by atoms with Gasteiger partial charge < -0.3 is 10.1 Å². The van der Waals surface area contributed by atoms with Crippen molar-refractivity contribution in [1.82, 2.24) is 4.98 Å². The fourth-order valence-corrected chi connectivity index (χ4v) is 1.72. The van der Waals surface area contributed by atoms with Crippen LogP contribution in [0.4, 0.5) is 5.69 Å². The van der Waals surface area contributed by atoms with Crippen molar-refractivity contribution in [2.24, 2.45) is 0 Å². The van der Waals surface area contributed by atoms with E-state index in [2.05, 4.69) is 10.3 Å². The van der Waals surface area contributed by atoms with E-state index >= 15 is 0 Å². The van der Waals surface area contributed by atoms with E-state index in [4.69, 9.17) is 4.74 Å². The lowest BCUT2D eigenvalue weighted by Crippen LogP contribution is -2.12. The van der Waals surface area contributed by atoms with Gasteiger partial charge in [0.2, 0.25) is 0 Å². The van der Waals surface area contributed by atoms with Crippen LogP contribution in [0.3, 0.4) is 0 Å². The molecule has 1 aliphatic rings. The van der Waals surface area contributed by atoms with Crippen molar-refractivity contribution >= 4 is 5.69 Å². The molecule has 0 aliphatic carbocycles. The molecule has 0 radical (unpaired) electrons. The summed E-state index contributed by atoms with van der Waals surface area (Å²) in [6.07, 6.45) is 7.62. The van der Waals surface area contributed by atoms with Crippen molar-refractivity contribution in [3.8, 4) is 0 Å². The highest BCUT2D eigenvalue weighted by atomic mass is 16.5. The van der Waals surface area contributed by atoms with E-state index in [0.29, 0.717) is 6.10 Å². The first-order chi connectivity index (χ1) is 6.95. The van der Waals surface area contributed by atoms with Crippen LogP contribution in [0.1, 0.15) is 19.3 Å². The van der Waals surface area contributed by atoms with Gasteiger partial charge in [-0.2, -0.15) is 0 Å². The Bertz CT molecular complexity index is 257. The Morgan fingerprint density at radius 3 is 3.00 bits per heavy atom. The molecule has 0 aromatic carbocycles. The van der Waals surface area contributed by atoms with Gasteiger partial charge >= 0.3 is 0 Å². The van der Waals surface area contributed by atoms with Gasteiger partial charge in [-0.3, -0.25) is 4.98 Å². The van der Waals surface area contributed by atoms with Crippen molar-refractivity contribution in [2.75, 3.05) is 18.5 Å². The van der Waals surface area contributed by atoms with Gasteiger partial charge in [0.05, 0.1) is 6.10 Å². The number of hydrogen-bond donors (Lipinski definition) is 1. The zero-order valence-electron chi connectivity index (χ0n) is 8.28. The zero-order valence-corrected chi connectivity index (χ0v) is 8.28. The molecule has 2 rings (SSSR count). The van der Waals surface area contributed by atoms with E-state index in [1.54, 1.807) is 12.4 Å². The first-order valence-electron chi connectivity index (χ1n) is 5.20. The van der Waals surface area contributed by atoms with Crippen LogP contribution >= 0.6 is 0 Å². The molecule has 1 aliphatic heterocycles. The van der Waals surface area contributed by atoms with E-state index in [1.165, 1.54) is 12.8 Å². The predicted octanol–water partition coefficient (Wildman–Crippen LogP) is 2.06. The van der Waals surface area contributed by atoms with Crippen LogP contribution in [-0.4, -0.2) is 24.2 Å². The maximum Gasteiger partial charge on any atom is 0.0592 e. The molecule has 0 saturated carbocycles. The fourth-order valence-electron chi connectivity index (χ4n) is 1.72. The molecule has 0 spiro atoms. The van der Waals surface area contributed by atoms with Crippen LogP contribution < -0.4 is 5.32 Å². The summed E-state index contributed by atoms with van der Waals surface area (Å²) in [5, 5.41) is 3.35. The molecule has 76 valence electrons. The summed E-state index contributed by atoms with van der Waals surface area (Å²) in [6.45, 7) is 1.93. The van der Waals surface area contributed by atoms with E-state index in [-0.39, 0.29) is 0 Å². The van der Waals surface area contributed by atoms with Gasteiger partial charge in [-0.05, 0) is 31.4 Å². The summed E-state index contributed by atoms with van der Waals surface area (Å²) in [5.74, 6) is 0. The second-order valence-electron chi connectivity index (χ2n) is 3.59. The van der Waals surface area contributed by atoms with Crippen molar-refractivity contribution in [2.45, 2.75) is 25.4 Å². The molecule has 3 nitrogen and oxygen atoms in total. The number of ether oxygens (including phenoxy) is 1. The molecule has 0 amide bonds. The van der Waals surface area contributed by atoms with Crippen molar-refractivity contribution < 1.29 is 4.74 Å². The predicted molar refractivity (Wildman–Crippen MR) is 56.3 cm³/mol. The molecular weight excluding hydrogens is 176 g/mol. The lowest BCUT2D eigenvalue weighted by Gasteiger charge is -2.10. The van der Waals surface area contributed by atoms with Gasteiger partial charge in [0.25, 0.3) is 0 Å². The molecule has 0 bridgehead atoms. The average molecular weight is 192 g/mol. The largest absolute Gasteiger partial charge is 0.385 e. The summed E-state index contributed by atoms with van der Waals surface area (Å²) in [5.41, 5.74) is 1.14. The van der Waals surface area contributed by atoms with Gasteiger partial charge in [0, 0.05) is 31.2 Å². The highest BCUT2D eigenvalue weighted by molar-refractivity contribution is 5.40. The van der Waals surface area contributed by atoms with Gasteiger partial charge in [0.15, 0.2) is 0 Å². The number of nitrogens with one attached hydrogen (secondary N) is 1. The highest BCUT2D eigenvalue weighted by Crippen LogP contribution is 2.15. The topological polar surface area (TPSA) is 34.1 Å². The molecule has 3 heteroatoms. The number of rotatable bonds is 4. The van der Waals surface area contributed by atoms with Crippen LogP contribution in [0, 0.1) is 0 Å². The second kappa shape index (κ2) is 4.96. The van der Waals surface area contributed by atoms with Crippen LogP contribution in [-0.2, 0) is 4.74 Å². The first-order valence-corrected chi connectivity index (χ1v) is 5.20. The lowest BCUT2D eigenvalue weighted by molar-refractivity contribution is 0.107. The van der Waals surface area contributed by atoms with Gasteiger partial charge in [-0.25, -0.2) is 0 Å². The Labute approximate surface area is 84.5 Å². The van der Waals surface area contributed by atoms with Gasteiger partial charge in [0.1, 0.15) is 0 Å². The lowest BCUT2D eigenvalue weighted by atomic mass is 10.2. The summed E-state index contributed by atoms with van der Waals surface area (Å²) >= 11 is 0. The summed E-state index contributed by atoms with van der Waals surface area (Å²) in [7, 11) is 0. The van der Waals surface area contributed by atoms with Crippen molar-refractivity contribution in [3.63, 3.8) is 0 Å². The van der Waals surface area contributed by atoms with E-state index in [0.717, 1.165) is 25.3 Å². The molecule has 14 heavy (non-hydrogen) atoms. The summed E-state index contributed by atoms with van der Waals surface area (Å²) in [4.78, 5) is 3.97. The molecule has 1 saturated heterocycles. The molecule has 1 atom stereocenters. The Kier molecular flexibility index (Phi) is 3.35. The minimum absolute atomic E-state index is 0.476. The second-order valence-corrected chi connectivity index (χ2v) is 3.59. The zero-order chi connectivity index (χ0) is 9.64. The van der Waals surface area contributed by atoms with Crippen LogP contribution in [0.2, 0.25) is 0 Å². The third-order valence-electron chi connectivity index (χ3n) is 2.50. The normalized spacial score (nSPS) is 21.0. The van der Waals surface area contributed by atoms with Crippen molar-refractivity contribution in [1.29, 1.82) is 0 Å². The van der Waals surface area contributed by atoms with Crippen LogP contribution in [0.5, 0.6) is 0 Å². The highest BCUT2D eigenvalue weighted by Gasteiger charge is 2.14. The number of hydrogen-bond acceptors (Lipinski definition) is 3. The maximum absolute atomic E-state index is 5.54. The molecule has 2 heterocycles. The SMILES string of the molecule is c1cc(NCCC2CCCO2)ccn1. The number of anilines is 1. The molecular formula is C11H16N2O. The standard InChI is InChI=1S/C11H16N2O/c1-2-11(14-9-1)5-8-13-10-3-6-12-7-4-10/h3-4,6-7,11H,1-2,5,8-9H2,(H,12,13). The third kappa shape index (κ3) is 2.70. The molecule has 1 N–H and O–H groups in total. The fraction of sp³-hybridized carbons (Fsp3) is 0.545. The maximum atomic E-state index is 5.54. The molecule has 1 aromatic rings. The smallest absolute Gasteiger partial charge is 0.0592 e. The summed E-state index contributed by atoms with van der Waals surface area (Å²) < 4.78 is 5.54. The number of nitrogens with zero attached hydrogens (tertiary/aromatic N) is 1. The third-order valence-corrected chi connectivity index (χ3v) is 2.50. The van der Waals surface area contributed by atoms with Crippen molar-refractivity contribution in [3.05, 3.63) is 24.5 Å². The minimum atomic E-state index is 0.476. The number of pyridine rings is 1. The molecule has 1 aromatic heterocycles. The Morgan fingerprint density at radius 1 is 1.43 bits per heavy atom. The molecule has 1 unspecified atom stereocenters. The van der Waals surface area contributed by atoms with Gasteiger partial charge in [-0.1, -0.05) is 0 Å². The van der Waals surface area contributed by atoms with Crippen LogP contribution in [0.15, 0.2) is 24.5 Å². The minimum Gasteiger partial charge on any atom is -0.385 e. The average Bonchev–Trinajstić information content (AvgIpc) is 2.72. The Morgan fingerprint density at radius 2 is 2.29 bits per heavy atom. The van der Waals surface area contributed by atoms with E-state index in [9.17, 15) is 0 Å². The van der Waals surface area contributed by atoms with Crippen LogP contribution in [0.25, 0.3) is 0 Å². The Balaban J connectivity index is 1.67. The monoisotopic (exact) mass is 192 g/mol. The Hall–Kier alpha value is -1.09. The van der Waals surface area contributed by atoms with Gasteiger partial charge in [-0.15, -0.1) is 0 Å². The van der Waals surface area contributed by atoms with E-state index < -0.39 is 0 Å². The molecule has 1 fully saturated rings. The summed E-state index contributed by atoms with van der Waals surface area (Å²) in [6, 6.07) is 3.96. The first kappa shape index (κ1) is 9.46. The quantitative estimate of drug-likeness (QED) is 0.793.